The van der Waals surface area contributed by atoms with Gasteiger partial charge in [-0.2, -0.15) is 0 Å². The summed E-state index contributed by atoms with van der Waals surface area (Å²) in [4.78, 5) is 40.4. The topological polar surface area (TPSA) is 80.1 Å². The van der Waals surface area contributed by atoms with Crippen LogP contribution in [-0.4, -0.2) is 58.2 Å². The maximum absolute atomic E-state index is 13.8. The molecule has 0 spiro atoms. The summed E-state index contributed by atoms with van der Waals surface area (Å²) >= 11 is 0. The molecule has 226 valence electrons. The first-order valence-corrected chi connectivity index (χ1v) is 15.5. The van der Waals surface area contributed by atoms with Crippen molar-refractivity contribution in [3.8, 4) is 0 Å². The molecule has 2 aromatic heterocycles. The molecule has 0 atom stereocenters. The minimum Gasteiger partial charge on any atom is -0.468 e. The van der Waals surface area contributed by atoms with Gasteiger partial charge in [0.15, 0.2) is 0 Å². The number of hydrogen-bond acceptors (Lipinski definition) is 5. The van der Waals surface area contributed by atoms with Crippen molar-refractivity contribution in [3.63, 3.8) is 0 Å². The Balaban J connectivity index is 1.50. The van der Waals surface area contributed by atoms with Crippen molar-refractivity contribution in [2.24, 2.45) is 0 Å². The Kier molecular flexibility index (Phi) is 10.3. The average Bonchev–Trinajstić information content (AvgIpc) is 3.58. The Morgan fingerprint density at radius 3 is 2.29 bits per heavy atom. The Morgan fingerprint density at radius 1 is 1.00 bits per heavy atom. The molecule has 0 aliphatic heterocycles. The van der Waals surface area contributed by atoms with Gasteiger partial charge in [-0.25, -0.2) is 0 Å². The molecule has 1 fully saturated rings. The van der Waals surface area contributed by atoms with Crippen molar-refractivity contribution in [1.29, 1.82) is 0 Å². The minimum atomic E-state index is -0.464. The van der Waals surface area contributed by atoms with Crippen molar-refractivity contribution in [2.45, 2.75) is 104 Å². The highest BCUT2D eigenvalue weighted by atomic mass is 16.5. The van der Waals surface area contributed by atoms with E-state index in [1.807, 2.05) is 43.4 Å². The summed E-state index contributed by atoms with van der Waals surface area (Å²) in [5, 5.41) is 3.85. The van der Waals surface area contributed by atoms with Crippen molar-refractivity contribution < 1.29 is 19.1 Å². The smallest absolute Gasteiger partial charge is 0.325 e. The Hall–Kier alpha value is -3.45. The summed E-state index contributed by atoms with van der Waals surface area (Å²) < 4.78 is 6.65. The monoisotopic (exact) mass is 573 g/mol. The van der Waals surface area contributed by atoms with Crippen molar-refractivity contribution in [3.05, 3.63) is 76.6 Å². The molecule has 42 heavy (non-hydrogen) atoms. The summed E-state index contributed by atoms with van der Waals surface area (Å²) in [6.07, 6.45) is 11.0. The highest BCUT2D eigenvalue weighted by Crippen LogP contribution is 2.34. The molecule has 2 heterocycles. The third-order valence-electron chi connectivity index (χ3n) is 8.60. The van der Waals surface area contributed by atoms with Crippen LogP contribution in [0.3, 0.4) is 0 Å². The first kappa shape index (κ1) is 31.5. The number of carbonyl (C=O) groups is 3. The molecule has 0 bridgehead atoms. The van der Waals surface area contributed by atoms with Gasteiger partial charge in [0.1, 0.15) is 6.54 Å². The van der Waals surface area contributed by atoms with Crippen LogP contribution in [0, 0.1) is 0 Å². The van der Waals surface area contributed by atoms with Crippen LogP contribution in [0.4, 0.5) is 0 Å². The molecule has 1 aliphatic carbocycles. The predicted octanol–water partition coefficient (Wildman–Crippen LogP) is 6.39. The number of esters is 1. The number of fused-ring (bicyclic) bond motifs is 1. The number of ketones is 1. The zero-order valence-electron chi connectivity index (χ0n) is 26.2. The lowest BCUT2D eigenvalue weighted by Crippen LogP contribution is -2.46. The van der Waals surface area contributed by atoms with Crippen molar-refractivity contribution in [2.75, 3.05) is 13.7 Å². The van der Waals surface area contributed by atoms with Gasteiger partial charge in [-0.05, 0) is 81.7 Å². The molecule has 1 N–H and O–H groups in total. The molecule has 0 radical (unpaired) electrons. The zero-order valence-corrected chi connectivity index (χ0v) is 26.2. The number of pyridine rings is 1. The molecule has 1 saturated carbocycles. The minimum absolute atomic E-state index is 0.0296. The third kappa shape index (κ3) is 7.12. The van der Waals surface area contributed by atoms with E-state index in [0.717, 1.165) is 23.9 Å². The van der Waals surface area contributed by atoms with E-state index >= 15 is 0 Å². The number of ether oxygens (including phenoxy) is 1. The van der Waals surface area contributed by atoms with Crippen LogP contribution in [0.2, 0.25) is 0 Å². The van der Waals surface area contributed by atoms with Crippen LogP contribution in [0.25, 0.3) is 5.52 Å². The quantitative estimate of drug-likeness (QED) is 0.189. The van der Waals surface area contributed by atoms with Gasteiger partial charge in [-0.1, -0.05) is 57.9 Å². The van der Waals surface area contributed by atoms with Crippen molar-refractivity contribution in [1.82, 2.24) is 14.6 Å². The zero-order chi connectivity index (χ0) is 30.4. The number of hydrogen-bond donors (Lipinski definition) is 1. The van der Waals surface area contributed by atoms with Crippen LogP contribution >= 0.6 is 0 Å². The number of aryl methyl sites for hydroxylation is 2. The van der Waals surface area contributed by atoms with Crippen LogP contribution in [0.15, 0.2) is 48.7 Å². The van der Waals surface area contributed by atoms with Crippen LogP contribution in [0.5, 0.6) is 0 Å². The molecule has 0 unspecified atom stereocenters. The fourth-order valence-electron chi connectivity index (χ4n) is 6.47. The fourth-order valence-corrected chi connectivity index (χ4v) is 6.47. The van der Waals surface area contributed by atoms with E-state index in [4.69, 9.17) is 4.74 Å². The Bertz CT molecular complexity index is 1400. The van der Waals surface area contributed by atoms with Gasteiger partial charge in [0.2, 0.25) is 5.78 Å². The number of methoxy groups -OCH3 is 1. The number of carbonyl (C=O) groups excluding carboxylic acids is 3. The highest BCUT2D eigenvalue weighted by molar-refractivity contribution is 6.10. The van der Waals surface area contributed by atoms with E-state index in [9.17, 15) is 14.4 Å². The van der Waals surface area contributed by atoms with Crippen LogP contribution < -0.4 is 5.32 Å². The Labute approximate surface area is 250 Å². The standard InChI is InChI=1S/C35H47N3O4/c1-7-27-21-30-22-29(34(41)38(25(4)5)23-31(39)42-6)16-20-37(30)32(27)33(40)28-14-12-26(13-15-28)11-10-19-35(36-24(2)3)17-8-9-18-35/h12-16,20-22,24-25,36H,7-11,17-19,23H2,1-6H3. The van der Waals surface area contributed by atoms with Gasteiger partial charge in [0.05, 0.1) is 12.8 Å². The largest absolute Gasteiger partial charge is 0.468 e. The molecule has 1 amide bonds. The van der Waals surface area contributed by atoms with E-state index in [1.165, 1.54) is 49.7 Å². The number of nitrogens with one attached hydrogen (secondary N) is 1. The number of amides is 1. The van der Waals surface area contributed by atoms with Gasteiger partial charge in [-0.3, -0.25) is 14.4 Å². The number of benzene rings is 1. The van der Waals surface area contributed by atoms with E-state index < -0.39 is 5.97 Å². The summed E-state index contributed by atoms with van der Waals surface area (Å²) in [6, 6.07) is 13.9. The number of rotatable bonds is 13. The lowest BCUT2D eigenvalue weighted by Gasteiger charge is -2.33. The molecule has 1 aliphatic rings. The van der Waals surface area contributed by atoms with Gasteiger partial charge >= 0.3 is 5.97 Å². The van der Waals surface area contributed by atoms with Gasteiger partial charge < -0.3 is 19.4 Å². The molecule has 7 heteroatoms. The first-order valence-electron chi connectivity index (χ1n) is 15.5. The third-order valence-corrected chi connectivity index (χ3v) is 8.60. The SMILES string of the molecule is CCc1cc2cc(C(=O)N(CC(=O)OC)C(C)C)ccn2c1C(=O)c1ccc(CCCC2(NC(C)C)CCCC2)cc1. The summed E-state index contributed by atoms with van der Waals surface area (Å²) in [5.41, 5.74) is 4.99. The summed E-state index contributed by atoms with van der Waals surface area (Å²) in [6.45, 7) is 10.1. The Morgan fingerprint density at radius 2 is 1.69 bits per heavy atom. The van der Waals surface area contributed by atoms with Gasteiger partial charge in [-0.15, -0.1) is 0 Å². The van der Waals surface area contributed by atoms with Crippen LogP contribution in [-0.2, 0) is 22.4 Å². The van der Waals surface area contributed by atoms with Gasteiger partial charge in [0.25, 0.3) is 5.91 Å². The van der Waals surface area contributed by atoms with E-state index in [-0.39, 0.29) is 29.8 Å². The maximum atomic E-state index is 13.8. The number of aromatic nitrogens is 1. The molecule has 0 saturated heterocycles. The summed E-state index contributed by atoms with van der Waals surface area (Å²) in [7, 11) is 1.31. The molecule has 7 nitrogen and oxygen atoms in total. The second-order valence-electron chi connectivity index (χ2n) is 12.4. The van der Waals surface area contributed by atoms with E-state index in [0.29, 0.717) is 29.3 Å². The lowest BCUT2D eigenvalue weighted by atomic mass is 9.89. The maximum Gasteiger partial charge on any atom is 0.325 e. The second kappa shape index (κ2) is 13.7. The van der Waals surface area contributed by atoms with E-state index in [2.05, 4.69) is 31.3 Å². The lowest BCUT2D eigenvalue weighted by molar-refractivity contribution is -0.141. The normalized spacial score (nSPS) is 14.6. The molecule has 3 aromatic rings. The highest BCUT2D eigenvalue weighted by Gasteiger charge is 2.33. The van der Waals surface area contributed by atoms with E-state index in [1.54, 1.807) is 18.3 Å². The predicted molar refractivity (Wildman–Crippen MR) is 167 cm³/mol. The molecule has 1 aromatic carbocycles. The first-order chi connectivity index (χ1) is 20.1. The fraction of sp³-hybridized carbons (Fsp3) is 0.514. The molecular formula is C35H47N3O4. The number of nitrogens with zero attached hydrogens (tertiary/aromatic N) is 2. The van der Waals surface area contributed by atoms with Crippen LogP contribution in [0.1, 0.15) is 111 Å². The summed E-state index contributed by atoms with van der Waals surface area (Å²) in [5.74, 6) is -0.744. The average molecular weight is 574 g/mol. The van der Waals surface area contributed by atoms with Crippen molar-refractivity contribution >= 4 is 23.2 Å². The second-order valence-corrected chi connectivity index (χ2v) is 12.4. The molecular weight excluding hydrogens is 526 g/mol. The van der Waals surface area contributed by atoms with Gasteiger partial charge in [0, 0.05) is 40.5 Å². The molecule has 4 rings (SSSR count).